The van der Waals surface area contributed by atoms with E-state index in [1.807, 2.05) is 51.2 Å². The molecule has 2 N–H and O–H groups in total. The maximum atomic E-state index is 5.86. The summed E-state index contributed by atoms with van der Waals surface area (Å²) in [5.74, 6) is 0. The molecule has 2 aromatic rings. The van der Waals surface area contributed by atoms with Gasteiger partial charge in [0.2, 0.25) is 0 Å². The summed E-state index contributed by atoms with van der Waals surface area (Å²) in [4.78, 5) is 5.77. The molecule has 0 radical (unpaired) electrons. The smallest absolute Gasteiger partial charge is 0.127 e. The van der Waals surface area contributed by atoms with Crippen molar-refractivity contribution in [3.8, 4) is 0 Å². The van der Waals surface area contributed by atoms with Crippen molar-refractivity contribution in [3.63, 3.8) is 0 Å². The molecule has 0 unspecified atom stereocenters. The molecule has 0 spiro atoms. The number of hydrogen-bond acceptors (Lipinski definition) is 2. The summed E-state index contributed by atoms with van der Waals surface area (Å²) in [6.45, 7) is 6.06. The summed E-state index contributed by atoms with van der Waals surface area (Å²) in [6, 6.07) is 7.79. The third-order valence-electron chi connectivity index (χ3n) is 2.10. The molecule has 1 heterocycles. The summed E-state index contributed by atoms with van der Waals surface area (Å²) in [5.41, 5.74) is 7.44. The first-order valence-electron chi connectivity index (χ1n) is 5.02. The van der Waals surface area contributed by atoms with E-state index in [1.54, 1.807) is 4.73 Å². The van der Waals surface area contributed by atoms with Crippen LogP contribution in [0.1, 0.15) is 20.8 Å². The number of rotatable bonds is 1. The van der Waals surface area contributed by atoms with Gasteiger partial charge in [0.15, 0.2) is 0 Å². The number of benzene rings is 1. The highest BCUT2D eigenvalue weighted by molar-refractivity contribution is 5.90. The van der Waals surface area contributed by atoms with Gasteiger partial charge in [0.05, 0.1) is 5.52 Å². The number of aromatic nitrogens is 1. The zero-order chi connectivity index (χ0) is 11.1. The lowest BCUT2D eigenvalue weighted by molar-refractivity contribution is -0.00813. The molecule has 0 aliphatic carbocycles. The van der Waals surface area contributed by atoms with Crippen LogP contribution in [0.2, 0.25) is 0 Å². The van der Waals surface area contributed by atoms with Gasteiger partial charge in [0, 0.05) is 17.3 Å². The Morgan fingerprint density at radius 2 is 1.93 bits per heavy atom. The molecule has 3 heteroatoms. The van der Waals surface area contributed by atoms with Gasteiger partial charge >= 0.3 is 0 Å². The third-order valence-corrected chi connectivity index (χ3v) is 2.10. The van der Waals surface area contributed by atoms with Crippen molar-refractivity contribution in [1.82, 2.24) is 4.73 Å². The van der Waals surface area contributed by atoms with Gasteiger partial charge in [0.1, 0.15) is 5.60 Å². The summed E-state index contributed by atoms with van der Waals surface area (Å²) in [5, 5.41) is 1.03. The lowest BCUT2D eigenvalue weighted by atomic mass is 10.2. The lowest BCUT2D eigenvalue weighted by Crippen LogP contribution is -2.30. The van der Waals surface area contributed by atoms with Gasteiger partial charge in [-0.3, -0.25) is 0 Å². The minimum absolute atomic E-state index is 0.212. The van der Waals surface area contributed by atoms with E-state index in [0.29, 0.717) is 0 Å². The highest BCUT2D eigenvalue weighted by Crippen LogP contribution is 2.22. The molecule has 0 fully saturated rings. The molecule has 3 nitrogen and oxygen atoms in total. The van der Waals surface area contributed by atoms with Crippen LogP contribution in [0.4, 0.5) is 5.69 Å². The van der Waals surface area contributed by atoms with Crippen molar-refractivity contribution >= 4 is 16.6 Å². The maximum absolute atomic E-state index is 5.86. The fraction of sp³-hybridized carbons (Fsp3) is 0.333. The second kappa shape index (κ2) is 3.19. The Kier molecular flexibility index (Phi) is 2.11. The van der Waals surface area contributed by atoms with Gasteiger partial charge in [-0.25, -0.2) is 0 Å². The average Bonchev–Trinajstić information content (AvgIpc) is 2.48. The van der Waals surface area contributed by atoms with Gasteiger partial charge in [0.25, 0.3) is 0 Å². The maximum Gasteiger partial charge on any atom is 0.127 e. The first-order chi connectivity index (χ1) is 6.97. The standard InChI is InChI=1S/C12H16N2O/c1-12(2,3)15-14-8-7-9-10(13)5-4-6-11(9)14/h4-8H,13H2,1-3H3. The van der Waals surface area contributed by atoms with Crippen LogP contribution in [0.3, 0.4) is 0 Å². The first-order valence-corrected chi connectivity index (χ1v) is 5.02. The Balaban J connectivity index is 2.50. The highest BCUT2D eigenvalue weighted by Gasteiger charge is 2.13. The number of fused-ring (bicyclic) bond motifs is 1. The molecule has 15 heavy (non-hydrogen) atoms. The normalized spacial score (nSPS) is 11.9. The fourth-order valence-electron chi connectivity index (χ4n) is 1.54. The molecule has 0 aliphatic heterocycles. The fourth-order valence-corrected chi connectivity index (χ4v) is 1.54. The van der Waals surface area contributed by atoms with Crippen molar-refractivity contribution < 1.29 is 4.84 Å². The van der Waals surface area contributed by atoms with Crippen LogP contribution in [0, 0.1) is 0 Å². The Labute approximate surface area is 89.4 Å². The second-order valence-corrected chi connectivity index (χ2v) is 4.63. The molecule has 0 saturated heterocycles. The average molecular weight is 204 g/mol. The topological polar surface area (TPSA) is 40.2 Å². The van der Waals surface area contributed by atoms with Crippen molar-refractivity contribution in [2.45, 2.75) is 26.4 Å². The summed E-state index contributed by atoms with van der Waals surface area (Å²) >= 11 is 0. The van der Waals surface area contributed by atoms with E-state index in [4.69, 9.17) is 10.6 Å². The molecule has 0 atom stereocenters. The molecule has 2 rings (SSSR count). The Bertz CT molecular complexity index is 480. The van der Waals surface area contributed by atoms with Crippen LogP contribution >= 0.6 is 0 Å². The highest BCUT2D eigenvalue weighted by atomic mass is 16.7. The zero-order valence-corrected chi connectivity index (χ0v) is 9.32. The molecular formula is C12H16N2O. The molecule has 0 saturated carbocycles. The molecule has 0 aliphatic rings. The minimum Gasteiger partial charge on any atom is -0.408 e. The minimum atomic E-state index is -0.212. The molecule has 0 bridgehead atoms. The van der Waals surface area contributed by atoms with Gasteiger partial charge in [-0.05, 0) is 39.0 Å². The van der Waals surface area contributed by atoms with Crippen molar-refractivity contribution in [2.75, 3.05) is 5.73 Å². The number of nitrogens with two attached hydrogens (primary N) is 1. The van der Waals surface area contributed by atoms with E-state index in [0.717, 1.165) is 16.6 Å². The Hall–Kier alpha value is -1.64. The van der Waals surface area contributed by atoms with Gasteiger partial charge in [-0.2, -0.15) is 4.73 Å². The summed E-state index contributed by atoms with van der Waals surface area (Å²) in [7, 11) is 0. The largest absolute Gasteiger partial charge is 0.408 e. The van der Waals surface area contributed by atoms with Crippen molar-refractivity contribution in [3.05, 3.63) is 30.5 Å². The number of nitrogens with zero attached hydrogens (tertiary/aromatic N) is 1. The molecule has 80 valence electrons. The van der Waals surface area contributed by atoms with E-state index in [9.17, 15) is 0 Å². The van der Waals surface area contributed by atoms with E-state index in [1.165, 1.54) is 0 Å². The van der Waals surface area contributed by atoms with Crippen LogP contribution < -0.4 is 10.6 Å². The van der Waals surface area contributed by atoms with Crippen LogP contribution in [-0.2, 0) is 0 Å². The van der Waals surface area contributed by atoms with Crippen molar-refractivity contribution in [1.29, 1.82) is 0 Å². The van der Waals surface area contributed by atoms with E-state index in [2.05, 4.69) is 0 Å². The predicted octanol–water partition coefficient (Wildman–Crippen LogP) is 2.45. The SMILES string of the molecule is CC(C)(C)On1ccc2c(N)cccc21. The van der Waals surface area contributed by atoms with Crippen LogP contribution in [-0.4, -0.2) is 10.3 Å². The van der Waals surface area contributed by atoms with Crippen LogP contribution in [0.15, 0.2) is 30.5 Å². The van der Waals surface area contributed by atoms with Crippen molar-refractivity contribution in [2.24, 2.45) is 0 Å². The Morgan fingerprint density at radius 1 is 1.20 bits per heavy atom. The van der Waals surface area contributed by atoms with Gasteiger partial charge in [-0.15, -0.1) is 0 Å². The van der Waals surface area contributed by atoms with E-state index in [-0.39, 0.29) is 5.60 Å². The number of hydrogen-bond donors (Lipinski definition) is 1. The summed E-state index contributed by atoms with van der Waals surface area (Å²) < 4.78 is 1.77. The molecule has 0 amide bonds. The summed E-state index contributed by atoms with van der Waals surface area (Å²) in [6.07, 6.45) is 1.90. The molecule has 1 aromatic carbocycles. The monoisotopic (exact) mass is 204 g/mol. The Morgan fingerprint density at radius 3 is 2.60 bits per heavy atom. The van der Waals surface area contributed by atoms with E-state index >= 15 is 0 Å². The van der Waals surface area contributed by atoms with Gasteiger partial charge < -0.3 is 10.6 Å². The third kappa shape index (κ3) is 1.91. The van der Waals surface area contributed by atoms with Crippen LogP contribution in [0.25, 0.3) is 10.9 Å². The molecule has 1 aromatic heterocycles. The number of nitrogen functional groups attached to an aromatic ring is 1. The zero-order valence-electron chi connectivity index (χ0n) is 9.32. The predicted molar refractivity (Wildman–Crippen MR) is 62.7 cm³/mol. The molecular weight excluding hydrogens is 188 g/mol. The second-order valence-electron chi connectivity index (χ2n) is 4.63. The van der Waals surface area contributed by atoms with Crippen LogP contribution in [0.5, 0.6) is 0 Å². The number of anilines is 1. The quantitative estimate of drug-likeness (QED) is 0.725. The first kappa shape index (κ1) is 9.90. The van der Waals surface area contributed by atoms with Gasteiger partial charge in [-0.1, -0.05) is 6.07 Å². The lowest BCUT2D eigenvalue weighted by Gasteiger charge is -2.21. The van der Waals surface area contributed by atoms with E-state index < -0.39 is 0 Å².